The zero-order valence-electron chi connectivity index (χ0n) is 24.4. The van der Waals surface area contributed by atoms with E-state index in [-0.39, 0.29) is 24.1 Å². The van der Waals surface area contributed by atoms with Gasteiger partial charge in [0.05, 0.1) is 35.0 Å². The second-order valence-electron chi connectivity index (χ2n) is 9.59. The highest BCUT2D eigenvalue weighted by atomic mass is 16.5. The van der Waals surface area contributed by atoms with Crippen LogP contribution in [0.1, 0.15) is 43.3 Å². The number of carbonyl (C=O) groups is 2. The van der Waals surface area contributed by atoms with E-state index in [4.69, 9.17) is 23.5 Å². The molecule has 4 rings (SSSR count). The molecule has 10 nitrogen and oxygen atoms in total. The lowest BCUT2D eigenvalue weighted by atomic mass is 10.1. The third kappa shape index (κ3) is 7.39. The molecule has 0 aliphatic carbocycles. The van der Waals surface area contributed by atoms with Gasteiger partial charge in [0.25, 0.3) is 11.8 Å². The first-order chi connectivity index (χ1) is 20.3. The third-order valence-electron chi connectivity index (χ3n) is 6.74. The zero-order chi connectivity index (χ0) is 30.1. The van der Waals surface area contributed by atoms with E-state index in [0.29, 0.717) is 48.1 Å². The van der Waals surface area contributed by atoms with E-state index in [1.807, 2.05) is 55.5 Å². The molecule has 0 spiro atoms. The van der Waals surface area contributed by atoms with E-state index in [1.54, 1.807) is 30.2 Å². The van der Waals surface area contributed by atoms with Crippen LogP contribution in [-0.4, -0.2) is 56.9 Å². The van der Waals surface area contributed by atoms with Crippen LogP contribution in [0.3, 0.4) is 0 Å². The maximum atomic E-state index is 13.8. The van der Waals surface area contributed by atoms with Crippen LogP contribution < -0.4 is 24.3 Å². The summed E-state index contributed by atoms with van der Waals surface area (Å²) in [5, 5.41) is 6.80. The maximum absolute atomic E-state index is 13.8. The van der Waals surface area contributed by atoms with Crippen LogP contribution in [0.15, 0.2) is 71.3 Å². The summed E-state index contributed by atoms with van der Waals surface area (Å²) in [5.41, 5.74) is 3.61. The summed E-state index contributed by atoms with van der Waals surface area (Å²) in [6.07, 6.45) is 0.568. The first-order valence-electron chi connectivity index (χ1n) is 13.4. The predicted molar refractivity (Wildman–Crippen MR) is 156 cm³/mol. The largest absolute Gasteiger partial charge is 0.497 e. The van der Waals surface area contributed by atoms with Crippen LogP contribution in [0.2, 0.25) is 0 Å². The second-order valence-corrected chi connectivity index (χ2v) is 9.59. The van der Waals surface area contributed by atoms with Gasteiger partial charge in [-0.1, -0.05) is 47.1 Å². The number of ether oxygens (including phenoxy) is 4. The Morgan fingerprint density at radius 3 is 2.07 bits per heavy atom. The number of amides is 2. The molecular weight excluding hydrogens is 538 g/mol. The molecule has 220 valence electrons. The Kier molecular flexibility index (Phi) is 10.0. The van der Waals surface area contributed by atoms with E-state index >= 15 is 0 Å². The van der Waals surface area contributed by atoms with Crippen molar-refractivity contribution in [2.45, 2.75) is 26.4 Å². The van der Waals surface area contributed by atoms with Crippen molar-refractivity contribution < 1.29 is 33.1 Å². The topological polar surface area (TPSA) is 112 Å². The Labute approximate surface area is 245 Å². The summed E-state index contributed by atoms with van der Waals surface area (Å²) in [5.74, 6) is 1.57. The average molecular weight is 574 g/mol. The van der Waals surface area contributed by atoms with E-state index < -0.39 is 0 Å². The van der Waals surface area contributed by atoms with E-state index in [2.05, 4.69) is 10.5 Å². The van der Waals surface area contributed by atoms with Gasteiger partial charge in [0, 0.05) is 24.7 Å². The number of methoxy groups -OCH3 is 4. The molecule has 1 heterocycles. The van der Waals surface area contributed by atoms with E-state index in [1.165, 1.54) is 21.3 Å². The van der Waals surface area contributed by atoms with Crippen LogP contribution in [0, 0.1) is 6.92 Å². The summed E-state index contributed by atoms with van der Waals surface area (Å²) in [6, 6.07) is 20.3. The van der Waals surface area contributed by atoms with Gasteiger partial charge < -0.3 is 33.7 Å². The van der Waals surface area contributed by atoms with Crippen molar-refractivity contribution >= 4 is 11.8 Å². The summed E-state index contributed by atoms with van der Waals surface area (Å²) in [6.45, 7) is 2.81. The van der Waals surface area contributed by atoms with Gasteiger partial charge in [0.1, 0.15) is 5.75 Å². The van der Waals surface area contributed by atoms with Gasteiger partial charge in [-0.2, -0.15) is 0 Å². The number of nitrogens with zero attached hydrogens (tertiary/aromatic N) is 2. The summed E-state index contributed by atoms with van der Waals surface area (Å²) in [4.78, 5) is 28.2. The molecule has 0 unspecified atom stereocenters. The van der Waals surface area contributed by atoms with Crippen molar-refractivity contribution in [2.75, 3.05) is 35.0 Å². The maximum Gasteiger partial charge on any atom is 0.273 e. The Balaban J connectivity index is 1.53. The van der Waals surface area contributed by atoms with Crippen LogP contribution in [0.4, 0.5) is 0 Å². The number of hydrogen-bond donors (Lipinski definition) is 1. The summed E-state index contributed by atoms with van der Waals surface area (Å²) < 4.78 is 27.0. The van der Waals surface area contributed by atoms with Gasteiger partial charge >= 0.3 is 0 Å². The minimum Gasteiger partial charge on any atom is -0.497 e. The number of aromatic nitrogens is 1. The number of hydrogen-bond acceptors (Lipinski definition) is 8. The monoisotopic (exact) mass is 573 g/mol. The van der Waals surface area contributed by atoms with Crippen LogP contribution in [0.5, 0.6) is 23.0 Å². The van der Waals surface area contributed by atoms with Crippen molar-refractivity contribution in [3.05, 3.63) is 100 Å². The SMILES string of the molecule is COc1ccc(CCN(Cc2cc(C(=O)NCc3ccc(C)cc3)no2)C(=O)c2cc(OC)c(OC)c(OC)c2)cc1. The lowest BCUT2D eigenvalue weighted by molar-refractivity contribution is 0.0728. The van der Waals surface area contributed by atoms with Crippen molar-refractivity contribution in [1.29, 1.82) is 0 Å². The fourth-order valence-electron chi connectivity index (χ4n) is 4.36. The van der Waals surface area contributed by atoms with Crippen LogP contribution >= 0.6 is 0 Å². The fraction of sp³-hybridized carbons (Fsp3) is 0.281. The molecule has 10 heteroatoms. The number of carbonyl (C=O) groups excluding carboxylic acids is 2. The smallest absolute Gasteiger partial charge is 0.273 e. The van der Waals surface area contributed by atoms with Crippen molar-refractivity contribution in [3.8, 4) is 23.0 Å². The second kappa shape index (κ2) is 14.1. The highest BCUT2D eigenvalue weighted by Gasteiger charge is 2.23. The first-order valence-corrected chi connectivity index (χ1v) is 13.4. The molecule has 0 saturated heterocycles. The van der Waals surface area contributed by atoms with Gasteiger partial charge in [-0.05, 0) is 48.7 Å². The molecule has 4 aromatic rings. The normalized spacial score (nSPS) is 10.6. The van der Waals surface area contributed by atoms with Crippen molar-refractivity contribution in [2.24, 2.45) is 0 Å². The molecule has 0 bridgehead atoms. The number of nitrogens with one attached hydrogen (secondary N) is 1. The van der Waals surface area contributed by atoms with Crippen LogP contribution in [0.25, 0.3) is 0 Å². The van der Waals surface area contributed by atoms with Crippen molar-refractivity contribution in [3.63, 3.8) is 0 Å². The Morgan fingerprint density at radius 1 is 0.833 bits per heavy atom. The quantitative estimate of drug-likeness (QED) is 0.242. The Bertz CT molecular complexity index is 1470. The highest BCUT2D eigenvalue weighted by molar-refractivity contribution is 5.96. The zero-order valence-corrected chi connectivity index (χ0v) is 24.4. The Morgan fingerprint density at radius 2 is 1.48 bits per heavy atom. The fourth-order valence-corrected chi connectivity index (χ4v) is 4.36. The molecule has 0 saturated carbocycles. The first kappa shape index (κ1) is 30.0. The molecule has 42 heavy (non-hydrogen) atoms. The summed E-state index contributed by atoms with van der Waals surface area (Å²) in [7, 11) is 6.10. The third-order valence-corrected chi connectivity index (χ3v) is 6.74. The van der Waals surface area contributed by atoms with Gasteiger partial charge in [-0.3, -0.25) is 9.59 Å². The molecule has 0 aliphatic heterocycles. The van der Waals surface area contributed by atoms with Crippen molar-refractivity contribution in [1.82, 2.24) is 15.4 Å². The highest BCUT2D eigenvalue weighted by Crippen LogP contribution is 2.38. The standard InChI is InChI=1S/C32H35N3O7/c1-21-6-8-23(9-7-21)19-33-31(36)27-18-26(42-34-27)20-35(15-14-22-10-12-25(38-2)13-11-22)32(37)24-16-28(39-3)30(41-5)29(17-24)40-4/h6-13,16-18H,14-15,19-20H2,1-5H3,(H,33,36). The number of benzene rings is 3. The average Bonchev–Trinajstić information content (AvgIpc) is 3.50. The predicted octanol–water partition coefficient (Wildman–Crippen LogP) is 4.83. The molecule has 0 aliphatic rings. The molecule has 1 N–H and O–H groups in total. The molecule has 0 radical (unpaired) electrons. The minimum atomic E-state index is -0.369. The van der Waals surface area contributed by atoms with E-state index in [9.17, 15) is 9.59 Å². The van der Waals surface area contributed by atoms with E-state index in [0.717, 1.165) is 22.4 Å². The summed E-state index contributed by atoms with van der Waals surface area (Å²) >= 11 is 0. The van der Waals surface area contributed by atoms with Gasteiger partial charge in [0.2, 0.25) is 5.75 Å². The lowest BCUT2D eigenvalue weighted by Gasteiger charge is -2.23. The molecule has 1 aromatic heterocycles. The molecular formula is C32H35N3O7. The van der Waals surface area contributed by atoms with Gasteiger partial charge in [-0.15, -0.1) is 0 Å². The molecule has 3 aromatic carbocycles. The van der Waals surface area contributed by atoms with Gasteiger partial charge in [0.15, 0.2) is 23.0 Å². The molecule has 2 amide bonds. The molecule has 0 atom stereocenters. The lowest BCUT2D eigenvalue weighted by Crippen LogP contribution is -2.32. The number of rotatable bonds is 13. The van der Waals surface area contributed by atoms with Crippen LogP contribution in [-0.2, 0) is 19.5 Å². The molecule has 0 fully saturated rings. The minimum absolute atomic E-state index is 0.0872. The van der Waals surface area contributed by atoms with Gasteiger partial charge in [-0.25, -0.2) is 0 Å². The number of aryl methyl sites for hydroxylation is 1. The Hall–Kier alpha value is -4.99.